The maximum Gasteiger partial charge on any atom is 0.0207 e. The van der Waals surface area contributed by atoms with E-state index in [4.69, 9.17) is 0 Å². The molecule has 0 saturated carbocycles. The quantitative estimate of drug-likeness (QED) is 0.718. The predicted molar refractivity (Wildman–Crippen MR) is 71.8 cm³/mol. The van der Waals surface area contributed by atoms with E-state index in [9.17, 15) is 0 Å². The minimum Gasteiger partial charge on any atom is -0.313 e. The number of rotatable bonds is 7. The van der Waals surface area contributed by atoms with Gasteiger partial charge in [0.15, 0.2) is 0 Å². The van der Waals surface area contributed by atoms with Crippen LogP contribution in [0.3, 0.4) is 0 Å². The van der Waals surface area contributed by atoms with Crippen molar-refractivity contribution in [3.05, 3.63) is 0 Å². The number of hydrogen-bond donors (Lipinski definition) is 1. The van der Waals surface area contributed by atoms with Gasteiger partial charge in [0.25, 0.3) is 0 Å². The Morgan fingerprint density at radius 1 is 1.25 bits per heavy atom. The van der Waals surface area contributed by atoms with E-state index in [1.807, 2.05) is 0 Å². The third kappa shape index (κ3) is 4.84. The fraction of sp³-hybridized carbons (Fsp3) is 1.00. The standard InChI is InChI=1S/C14H30N2/c1-5-15-14-9-10-16(11-14)13(4)8-6-7-12(2)3/h12-15H,5-11H2,1-4H3. The first-order valence-electron chi connectivity index (χ1n) is 7.11. The van der Waals surface area contributed by atoms with E-state index >= 15 is 0 Å². The zero-order chi connectivity index (χ0) is 12.0. The molecule has 2 unspecified atom stereocenters. The summed E-state index contributed by atoms with van der Waals surface area (Å²) in [6.07, 6.45) is 5.48. The average Bonchev–Trinajstić information content (AvgIpc) is 2.66. The largest absolute Gasteiger partial charge is 0.313 e. The van der Waals surface area contributed by atoms with Gasteiger partial charge in [-0.2, -0.15) is 0 Å². The van der Waals surface area contributed by atoms with Gasteiger partial charge >= 0.3 is 0 Å². The Morgan fingerprint density at radius 3 is 2.62 bits per heavy atom. The van der Waals surface area contributed by atoms with Crippen molar-refractivity contribution < 1.29 is 0 Å². The molecule has 1 saturated heterocycles. The molecule has 1 heterocycles. The molecule has 1 aliphatic rings. The Morgan fingerprint density at radius 2 is 2.00 bits per heavy atom. The molecule has 0 aliphatic carbocycles. The van der Waals surface area contributed by atoms with E-state index in [2.05, 4.69) is 37.9 Å². The lowest BCUT2D eigenvalue weighted by Crippen LogP contribution is -2.36. The second kappa shape index (κ2) is 7.29. The van der Waals surface area contributed by atoms with Crippen LogP contribution >= 0.6 is 0 Å². The van der Waals surface area contributed by atoms with Crippen molar-refractivity contribution in [2.75, 3.05) is 19.6 Å². The van der Waals surface area contributed by atoms with E-state index in [-0.39, 0.29) is 0 Å². The van der Waals surface area contributed by atoms with Crippen LogP contribution in [0.2, 0.25) is 0 Å². The maximum absolute atomic E-state index is 3.56. The van der Waals surface area contributed by atoms with Crippen LogP contribution in [0.25, 0.3) is 0 Å². The van der Waals surface area contributed by atoms with Gasteiger partial charge in [-0.1, -0.05) is 33.6 Å². The van der Waals surface area contributed by atoms with Gasteiger partial charge in [-0.25, -0.2) is 0 Å². The smallest absolute Gasteiger partial charge is 0.0207 e. The topological polar surface area (TPSA) is 15.3 Å². The zero-order valence-corrected chi connectivity index (χ0v) is 11.6. The van der Waals surface area contributed by atoms with E-state index in [0.717, 1.165) is 24.5 Å². The molecule has 1 rings (SSSR count). The van der Waals surface area contributed by atoms with Crippen molar-refractivity contribution in [3.63, 3.8) is 0 Å². The molecule has 2 nitrogen and oxygen atoms in total. The van der Waals surface area contributed by atoms with Gasteiger partial charge in [0, 0.05) is 25.2 Å². The molecular weight excluding hydrogens is 196 g/mol. The first-order valence-corrected chi connectivity index (χ1v) is 7.11. The van der Waals surface area contributed by atoms with Gasteiger partial charge in [0.2, 0.25) is 0 Å². The van der Waals surface area contributed by atoms with E-state index < -0.39 is 0 Å². The highest BCUT2D eigenvalue weighted by Gasteiger charge is 2.24. The fourth-order valence-corrected chi connectivity index (χ4v) is 2.65. The van der Waals surface area contributed by atoms with Crippen LogP contribution in [0.15, 0.2) is 0 Å². The number of likely N-dealkylation sites (N-methyl/N-ethyl adjacent to an activating group) is 1. The zero-order valence-electron chi connectivity index (χ0n) is 11.6. The third-order valence-electron chi connectivity index (χ3n) is 3.74. The van der Waals surface area contributed by atoms with E-state index in [1.54, 1.807) is 0 Å². The number of likely N-dealkylation sites (tertiary alicyclic amines) is 1. The van der Waals surface area contributed by atoms with Gasteiger partial charge in [0.1, 0.15) is 0 Å². The van der Waals surface area contributed by atoms with Crippen LogP contribution in [-0.2, 0) is 0 Å². The molecule has 0 radical (unpaired) electrons. The Labute approximate surface area is 102 Å². The highest BCUT2D eigenvalue weighted by Crippen LogP contribution is 2.17. The lowest BCUT2D eigenvalue weighted by Gasteiger charge is -2.24. The van der Waals surface area contributed by atoms with Gasteiger partial charge in [-0.05, 0) is 32.2 Å². The molecule has 1 N–H and O–H groups in total. The summed E-state index contributed by atoms with van der Waals surface area (Å²) in [5.41, 5.74) is 0. The Kier molecular flexibility index (Phi) is 6.37. The summed E-state index contributed by atoms with van der Waals surface area (Å²) in [5, 5.41) is 3.56. The minimum absolute atomic E-state index is 0.748. The Bertz CT molecular complexity index is 180. The number of hydrogen-bond acceptors (Lipinski definition) is 2. The van der Waals surface area contributed by atoms with Gasteiger partial charge in [-0.15, -0.1) is 0 Å². The van der Waals surface area contributed by atoms with Crippen molar-refractivity contribution >= 4 is 0 Å². The Hall–Kier alpha value is -0.0800. The van der Waals surface area contributed by atoms with Crippen molar-refractivity contribution in [2.45, 2.75) is 65.5 Å². The average molecular weight is 226 g/mol. The van der Waals surface area contributed by atoms with Gasteiger partial charge in [-0.3, -0.25) is 4.90 Å². The molecule has 0 aromatic heterocycles. The lowest BCUT2D eigenvalue weighted by atomic mass is 10.0. The number of nitrogens with one attached hydrogen (secondary N) is 1. The lowest BCUT2D eigenvalue weighted by molar-refractivity contribution is 0.234. The van der Waals surface area contributed by atoms with Crippen LogP contribution < -0.4 is 5.32 Å². The molecule has 0 aromatic rings. The van der Waals surface area contributed by atoms with Crippen molar-refractivity contribution in [3.8, 4) is 0 Å². The third-order valence-corrected chi connectivity index (χ3v) is 3.74. The molecule has 1 fully saturated rings. The van der Waals surface area contributed by atoms with E-state index in [0.29, 0.717) is 0 Å². The summed E-state index contributed by atoms with van der Waals surface area (Å²) < 4.78 is 0. The maximum atomic E-state index is 3.56. The van der Waals surface area contributed by atoms with Gasteiger partial charge < -0.3 is 5.32 Å². The molecular formula is C14H30N2. The second-order valence-corrected chi connectivity index (χ2v) is 5.71. The SMILES string of the molecule is CCNC1CCN(C(C)CCCC(C)C)C1. The molecule has 0 amide bonds. The molecule has 2 heteroatoms. The normalized spacial score (nSPS) is 24.2. The molecule has 96 valence electrons. The van der Waals surface area contributed by atoms with Crippen molar-refractivity contribution in [2.24, 2.45) is 5.92 Å². The molecule has 16 heavy (non-hydrogen) atoms. The van der Waals surface area contributed by atoms with E-state index in [1.165, 1.54) is 38.8 Å². The summed E-state index contributed by atoms with van der Waals surface area (Å²) in [4.78, 5) is 2.66. The van der Waals surface area contributed by atoms with Crippen LogP contribution in [0, 0.1) is 5.92 Å². The highest BCUT2D eigenvalue weighted by molar-refractivity contribution is 4.83. The predicted octanol–water partition coefficient (Wildman–Crippen LogP) is 2.89. The summed E-state index contributed by atoms with van der Waals surface area (Å²) >= 11 is 0. The van der Waals surface area contributed by atoms with Crippen LogP contribution in [-0.4, -0.2) is 36.6 Å². The highest BCUT2D eigenvalue weighted by atomic mass is 15.2. The first kappa shape index (κ1) is 14.0. The summed E-state index contributed by atoms with van der Waals surface area (Å²) in [6, 6.07) is 1.53. The Balaban J connectivity index is 2.15. The molecule has 0 aromatic carbocycles. The van der Waals surface area contributed by atoms with Crippen LogP contribution in [0.1, 0.15) is 53.4 Å². The fourth-order valence-electron chi connectivity index (χ4n) is 2.65. The second-order valence-electron chi connectivity index (χ2n) is 5.71. The molecule has 0 bridgehead atoms. The summed E-state index contributed by atoms with van der Waals surface area (Å²) in [7, 11) is 0. The molecule has 1 aliphatic heterocycles. The molecule has 2 atom stereocenters. The minimum atomic E-state index is 0.748. The van der Waals surface area contributed by atoms with Gasteiger partial charge in [0.05, 0.1) is 0 Å². The first-order chi connectivity index (χ1) is 7.63. The summed E-state index contributed by atoms with van der Waals surface area (Å²) in [6.45, 7) is 12.9. The van der Waals surface area contributed by atoms with Crippen LogP contribution in [0.4, 0.5) is 0 Å². The number of nitrogens with zero attached hydrogens (tertiary/aromatic N) is 1. The van der Waals surface area contributed by atoms with Crippen molar-refractivity contribution in [1.82, 2.24) is 10.2 Å². The molecule has 0 spiro atoms. The van der Waals surface area contributed by atoms with Crippen LogP contribution in [0.5, 0.6) is 0 Å². The van der Waals surface area contributed by atoms with Crippen molar-refractivity contribution in [1.29, 1.82) is 0 Å². The summed E-state index contributed by atoms with van der Waals surface area (Å²) in [5.74, 6) is 0.861. The monoisotopic (exact) mass is 226 g/mol.